The third kappa shape index (κ3) is 1.41. The summed E-state index contributed by atoms with van der Waals surface area (Å²) < 4.78 is 13.2. The monoisotopic (exact) mass is 456 g/mol. The first-order valence-corrected chi connectivity index (χ1v) is 13.3. The molecule has 2 heterocycles. The zero-order valence-electron chi connectivity index (χ0n) is 20.5. The maximum atomic E-state index is 13.3. The van der Waals surface area contributed by atoms with Crippen molar-refractivity contribution in [1.29, 1.82) is 0 Å². The fraction of sp³-hybridized carbons (Fsp3) is 0.667. The van der Waals surface area contributed by atoms with E-state index in [-0.39, 0.29) is 34.6 Å². The van der Waals surface area contributed by atoms with Gasteiger partial charge in [0.15, 0.2) is 11.2 Å². The number of hydrogen-bond donors (Lipinski definition) is 0. The lowest BCUT2D eigenvalue weighted by molar-refractivity contribution is -0.346. The zero-order chi connectivity index (χ0) is 23.5. The van der Waals surface area contributed by atoms with Gasteiger partial charge in [0.25, 0.3) is 0 Å². The molecule has 4 nitrogen and oxygen atoms in total. The van der Waals surface area contributed by atoms with Gasteiger partial charge in [-0.05, 0) is 97.0 Å². The van der Waals surface area contributed by atoms with Gasteiger partial charge >= 0.3 is 11.9 Å². The highest BCUT2D eigenvalue weighted by Gasteiger charge is 2.94. The Hall–Kier alpha value is -2.10. The Bertz CT molecular complexity index is 1210. The van der Waals surface area contributed by atoms with E-state index in [9.17, 15) is 9.59 Å². The molecule has 7 saturated carbocycles. The van der Waals surface area contributed by atoms with Crippen LogP contribution in [0.3, 0.4) is 0 Å². The fourth-order valence-electron chi connectivity index (χ4n) is 11.9. The molecule has 7 fully saturated rings. The highest BCUT2D eigenvalue weighted by atomic mass is 16.6. The first kappa shape index (κ1) is 19.1. The molecule has 9 aliphatic rings. The molecule has 4 heteroatoms. The zero-order valence-corrected chi connectivity index (χ0v) is 20.5. The minimum Gasteiger partial charge on any atom is -0.446 e. The van der Waals surface area contributed by atoms with Crippen LogP contribution >= 0.6 is 0 Å². The van der Waals surface area contributed by atoms with Crippen LogP contribution in [-0.2, 0) is 19.1 Å². The Morgan fingerprint density at radius 2 is 1.12 bits per heavy atom. The van der Waals surface area contributed by atoms with E-state index >= 15 is 0 Å². The van der Waals surface area contributed by atoms with Crippen molar-refractivity contribution in [2.24, 2.45) is 58.2 Å². The highest BCUT2D eigenvalue weighted by Crippen LogP contribution is 2.90. The van der Waals surface area contributed by atoms with Crippen LogP contribution in [0, 0.1) is 58.2 Å². The van der Waals surface area contributed by atoms with E-state index < -0.39 is 11.2 Å². The molecule has 2 spiro atoms. The molecule has 0 amide bonds. The van der Waals surface area contributed by atoms with Crippen LogP contribution < -0.4 is 0 Å². The summed E-state index contributed by atoms with van der Waals surface area (Å²) in [6.45, 7) is 18.0. The van der Waals surface area contributed by atoms with Crippen LogP contribution in [0.5, 0.6) is 0 Å². The number of carbonyl (C=O) groups excluding carboxylic acids is 2. The van der Waals surface area contributed by atoms with E-state index in [0.717, 1.165) is 35.1 Å². The first-order valence-electron chi connectivity index (χ1n) is 13.3. The van der Waals surface area contributed by atoms with Gasteiger partial charge in [0, 0.05) is 23.0 Å². The van der Waals surface area contributed by atoms with Gasteiger partial charge in [-0.15, -0.1) is 0 Å². The van der Waals surface area contributed by atoms with E-state index in [4.69, 9.17) is 9.47 Å². The molecule has 0 bridgehead atoms. The number of hydrogen-bond acceptors (Lipinski definition) is 4. The first-order chi connectivity index (χ1) is 16.1. The van der Waals surface area contributed by atoms with E-state index in [1.807, 2.05) is 13.8 Å². The second kappa shape index (κ2) is 4.80. The molecule has 0 aromatic carbocycles. The number of esters is 2. The molecule has 34 heavy (non-hydrogen) atoms. The topological polar surface area (TPSA) is 52.6 Å². The smallest absolute Gasteiger partial charge is 0.334 e. The molecule has 0 aromatic rings. The number of fused-ring (bicyclic) bond motifs is 9. The lowest BCUT2D eigenvalue weighted by Crippen LogP contribution is -2.86. The lowest BCUT2D eigenvalue weighted by Gasteiger charge is -2.77. The quantitative estimate of drug-likeness (QED) is 0.384. The van der Waals surface area contributed by atoms with Crippen LogP contribution in [0.2, 0.25) is 0 Å². The van der Waals surface area contributed by atoms with Gasteiger partial charge < -0.3 is 9.47 Å². The molecule has 2 aliphatic heterocycles. The van der Waals surface area contributed by atoms with Crippen LogP contribution in [0.15, 0.2) is 46.6 Å². The molecule has 0 radical (unpaired) electrons. The summed E-state index contributed by atoms with van der Waals surface area (Å²) in [7, 11) is 0. The molecule has 0 unspecified atom stereocenters. The molecule has 0 aromatic heterocycles. The molecule has 0 saturated heterocycles. The molecule has 7 aliphatic carbocycles. The SMILES string of the molecule is C=C1[C@H]2C[C@H]2[C@@]2(C)[C@H]1CC1=C(C)C(=O)O[C@]13[C@H]2[C@H]1[C@@]2(C)[C@@H]4C[C@@H]4C(=C)[C@@H]2CC2=C(C)C(=O)O[C@@]213. The van der Waals surface area contributed by atoms with Crippen molar-refractivity contribution in [1.82, 2.24) is 0 Å². The minimum absolute atomic E-state index is 0.0271. The highest BCUT2D eigenvalue weighted by molar-refractivity contribution is 5.97. The summed E-state index contributed by atoms with van der Waals surface area (Å²) in [6, 6.07) is 0. The van der Waals surface area contributed by atoms with Crippen LogP contribution in [0.25, 0.3) is 0 Å². The molecule has 176 valence electrons. The van der Waals surface area contributed by atoms with E-state index in [0.29, 0.717) is 35.5 Å². The van der Waals surface area contributed by atoms with Gasteiger partial charge in [-0.25, -0.2) is 9.59 Å². The van der Waals surface area contributed by atoms with Crippen molar-refractivity contribution in [3.8, 4) is 0 Å². The number of ether oxygens (including phenoxy) is 2. The average Bonchev–Trinajstić information content (AvgIpc) is 3.67. The Labute approximate surface area is 200 Å². The van der Waals surface area contributed by atoms with Crippen LogP contribution in [-0.4, -0.2) is 23.1 Å². The predicted octanol–water partition coefficient (Wildman–Crippen LogP) is 4.92. The number of carbonyl (C=O) groups is 2. The lowest BCUT2D eigenvalue weighted by atomic mass is 9.28. The number of rotatable bonds is 0. The van der Waals surface area contributed by atoms with Crippen molar-refractivity contribution < 1.29 is 19.1 Å². The summed E-state index contributed by atoms with van der Waals surface area (Å²) in [6.07, 6.45) is 4.08. The maximum Gasteiger partial charge on any atom is 0.334 e. The normalized spacial score (nSPS) is 60.8. The van der Waals surface area contributed by atoms with Crippen LogP contribution in [0.4, 0.5) is 0 Å². The Morgan fingerprint density at radius 3 is 1.50 bits per heavy atom. The summed E-state index contributed by atoms with van der Waals surface area (Å²) in [5.41, 5.74) is 4.94. The van der Waals surface area contributed by atoms with Gasteiger partial charge in [-0.2, -0.15) is 0 Å². The minimum atomic E-state index is -0.827. The standard InChI is InChI=1S/C30H32O4/c1-11-15-7-21(15)27(5)17(11)9-19-13(3)25(31)33-29(19)23(27)24-28(6)18(12(2)16-8-22(16)28)10-20-14(4)26(32)34-30(20,24)29/h15-18,21-24H,1-2,7-10H2,3-6H3/t15-,16-,17+,18+,21-,22-,23+,24+,27-,28-,29+,30+/m1/s1. The Morgan fingerprint density at radius 1 is 0.735 bits per heavy atom. The summed E-state index contributed by atoms with van der Waals surface area (Å²) in [5, 5.41) is 0. The van der Waals surface area contributed by atoms with Crippen molar-refractivity contribution in [2.75, 3.05) is 0 Å². The number of allylic oxidation sites excluding steroid dienone is 2. The largest absolute Gasteiger partial charge is 0.446 e. The van der Waals surface area contributed by atoms with E-state index in [2.05, 4.69) is 27.0 Å². The van der Waals surface area contributed by atoms with E-state index in [1.54, 1.807) is 0 Å². The van der Waals surface area contributed by atoms with Gasteiger partial charge in [0.2, 0.25) is 0 Å². The molecule has 0 N–H and O–H groups in total. The molecule has 12 atom stereocenters. The Balaban J connectivity index is 1.38. The second-order valence-corrected chi connectivity index (χ2v) is 13.7. The third-order valence-electron chi connectivity index (χ3n) is 13.4. The van der Waals surface area contributed by atoms with Crippen molar-refractivity contribution >= 4 is 11.9 Å². The predicted molar refractivity (Wildman–Crippen MR) is 124 cm³/mol. The molecule has 9 rings (SSSR count). The fourth-order valence-corrected chi connectivity index (χ4v) is 11.9. The summed E-state index contributed by atoms with van der Waals surface area (Å²) >= 11 is 0. The summed E-state index contributed by atoms with van der Waals surface area (Å²) in [5.74, 6) is 3.14. The third-order valence-corrected chi connectivity index (χ3v) is 13.4. The van der Waals surface area contributed by atoms with E-state index in [1.165, 1.54) is 24.0 Å². The van der Waals surface area contributed by atoms with Gasteiger partial charge in [0.1, 0.15) is 0 Å². The Kier molecular flexibility index (Phi) is 2.70. The van der Waals surface area contributed by atoms with Gasteiger partial charge in [-0.1, -0.05) is 38.2 Å². The summed E-state index contributed by atoms with van der Waals surface area (Å²) in [4.78, 5) is 26.6. The molecular weight excluding hydrogens is 424 g/mol. The van der Waals surface area contributed by atoms with Crippen molar-refractivity contribution in [3.05, 3.63) is 46.6 Å². The average molecular weight is 457 g/mol. The van der Waals surface area contributed by atoms with Crippen molar-refractivity contribution in [3.63, 3.8) is 0 Å². The molecular formula is C30H32O4. The van der Waals surface area contributed by atoms with Crippen molar-refractivity contribution in [2.45, 2.75) is 64.6 Å². The van der Waals surface area contributed by atoms with Crippen LogP contribution in [0.1, 0.15) is 53.4 Å². The maximum absolute atomic E-state index is 13.3. The van der Waals surface area contributed by atoms with Gasteiger partial charge in [-0.3, -0.25) is 0 Å². The second-order valence-electron chi connectivity index (χ2n) is 13.7. The van der Waals surface area contributed by atoms with Gasteiger partial charge in [0.05, 0.1) is 0 Å².